The van der Waals surface area contributed by atoms with Crippen molar-refractivity contribution in [3.8, 4) is 10.8 Å². The van der Waals surface area contributed by atoms with Gasteiger partial charge in [-0.15, -0.1) is 11.3 Å². The molecule has 0 radical (unpaired) electrons. The zero-order chi connectivity index (χ0) is 14.7. The lowest BCUT2D eigenvalue weighted by Crippen LogP contribution is -2.23. The van der Waals surface area contributed by atoms with Gasteiger partial charge in [-0.2, -0.15) is 0 Å². The van der Waals surface area contributed by atoms with Crippen LogP contribution in [0.3, 0.4) is 0 Å². The Morgan fingerprint density at radius 2 is 2.29 bits per heavy atom. The summed E-state index contributed by atoms with van der Waals surface area (Å²) in [7, 11) is 0. The normalized spacial score (nSPS) is 10.5. The highest BCUT2D eigenvalue weighted by molar-refractivity contribution is 7.13. The SMILES string of the molecule is Cc1oc(-c2cccs2)nc1C(=O)NCc1cccnc1. The smallest absolute Gasteiger partial charge is 0.273 e. The van der Waals surface area contributed by atoms with Gasteiger partial charge in [-0.3, -0.25) is 9.78 Å². The third kappa shape index (κ3) is 3.00. The van der Waals surface area contributed by atoms with E-state index in [9.17, 15) is 4.79 Å². The van der Waals surface area contributed by atoms with Gasteiger partial charge in [0.25, 0.3) is 5.91 Å². The van der Waals surface area contributed by atoms with E-state index in [2.05, 4.69) is 15.3 Å². The van der Waals surface area contributed by atoms with Crippen molar-refractivity contribution in [2.45, 2.75) is 13.5 Å². The topological polar surface area (TPSA) is 68.0 Å². The number of aryl methyl sites for hydroxylation is 1. The van der Waals surface area contributed by atoms with Gasteiger partial charge in [0.05, 0.1) is 4.88 Å². The highest BCUT2D eigenvalue weighted by Gasteiger charge is 2.18. The fraction of sp³-hybridized carbons (Fsp3) is 0.133. The van der Waals surface area contributed by atoms with Crippen molar-refractivity contribution in [2.24, 2.45) is 0 Å². The summed E-state index contributed by atoms with van der Waals surface area (Å²) in [4.78, 5) is 21.4. The maximum atomic E-state index is 12.2. The number of aromatic nitrogens is 2. The Morgan fingerprint density at radius 1 is 1.38 bits per heavy atom. The minimum Gasteiger partial charge on any atom is -0.440 e. The van der Waals surface area contributed by atoms with Crippen LogP contribution < -0.4 is 5.32 Å². The molecule has 0 bridgehead atoms. The predicted octanol–water partition coefficient (Wildman–Crippen LogP) is 3.04. The van der Waals surface area contributed by atoms with E-state index < -0.39 is 0 Å². The quantitative estimate of drug-likeness (QED) is 0.804. The van der Waals surface area contributed by atoms with Crippen LogP contribution in [0.5, 0.6) is 0 Å². The first-order chi connectivity index (χ1) is 10.2. The molecule has 6 heteroatoms. The molecule has 0 aliphatic heterocycles. The fourth-order valence-corrected chi connectivity index (χ4v) is 2.53. The van der Waals surface area contributed by atoms with E-state index >= 15 is 0 Å². The third-order valence-electron chi connectivity index (χ3n) is 2.92. The molecule has 0 fully saturated rings. The molecule has 0 spiro atoms. The lowest BCUT2D eigenvalue weighted by Gasteiger charge is -2.02. The fourth-order valence-electron chi connectivity index (χ4n) is 1.88. The molecule has 1 N–H and O–H groups in total. The molecular formula is C15H13N3O2S. The number of rotatable bonds is 4. The van der Waals surface area contributed by atoms with Crippen molar-refractivity contribution in [3.05, 3.63) is 59.1 Å². The number of carbonyl (C=O) groups excluding carboxylic acids is 1. The molecule has 5 nitrogen and oxygen atoms in total. The first-order valence-electron chi connectivity index (χ1n) is 6.42. The van der Waals surface area contributed by atoms with E-state index in [1.807, 2.05) is 29.6 Å². The van der Waals surface area contributed by atoms with E-state index in [4.69, 9.17) is 4.42 Å². The van der Waals surface area contributed by atoms with Gasteiger partial charge in [-0.25, -0.2) is 4.98 Å². The Balaban J connectivity index is 1.73. The first kappa shape index (κ1) is 13.5. The zero-order valence-corrected chi connectivity index (χ0v) is 12.2. The standard InChI is InChI=1S/C15H13N3O2S/c1-10-13(18-15(20-10)12-5-3-7-21-12)14(19)17-9-11-4-2-6-16-8-11/h2-8H,9H2,1H3,(H,17,19). The molecular weight excluding hydrogens is 286 g/mol. The molecule has 21 heavy (non-hydrogen) atoms. The monoisotopic (exact) mass is 299 g/mol. The Labute approximate surface area is 125 Å². The van der Waals surface area contributed by atoms with Gasteiger partial charge in [0.1, 0.15) is 5.76 Å². The molecule has 0 aliphatic rings. The summed E-state index contributed by atoms with van der Waals surface area (Å²) in [5.74, 6) is 0.749. The summed E-state index contributed by atoms with van der Waals surface area (Å²) in [6.07, 6.45) is 3.41. The van der Waals surface area contributed by atoms with Crippen LogP contribution in [0.15, 0.2) is 46.5 Å². The maximum absolute atomic E-state index is 12.2. The lowest BCUT2D eigenvalue weighted by atomic mass is 10.2. The summed E-state index contributed by atoms with van der Waals surface area (Å²) in [6, 6.07) is 7.56. The number of nitrogens with zero attached hydrogens (tertiary/aromatic N) is 2. The van der Waals surface area contributed by atoms with Crippen LogP contribution in [0.2, 0.25) is 0 Å². The average Bonchev–Trinajstić information content (AvgIpc) is 3.15. The Kier molecular flexibility index (Phi) is 3.79. The highest BCUT2D eigenvalue weighted by atomic mass is 32.1. The number of carbonyl (C=O) groups is 1. The van der Waals surface area contributed by atoms with Crippen molar-refractivity contribution >= 4 is 17.2 Å². The van der Waals surface area contributed by atoms with Crippen LogP contribution in [0.25, 0.3) is 10.8 Å². The molecule has 0 saturated heterocycles. The van der Waals surface area contributed by atoms with E-state index in [-0.39, 0.29) is 5.91 Å². The minimum absolute atomic E-state index is 0.247. The van der Waals surface area contributed by atoms with E-state index in [1.54, 1.807) is 19.3 Å². The minimum atomic E-state index is -0.247. The van der Waals surface area contributed by atoms with Gasteiger partial charge in [0.2, 0.25) is 5.89 Å². The largest absolute Gasteiger partial charge is 0.440 e. The van der Waals surface area contributed by atoms with Crippen LogP contribution in [0, 0.1) is 6.92 Å². The molecule has 3 rings (SSSR count). The third-order valence-corrected chi connectivity index (χ3v) is 3.78. The number of amides is 1. The average molecular weight is 299 g/mol. The summed E-state index contributed by atoms with van der Waals surface area (Å²) in [5.41, 5.74) is 1.26. The Hall–Kier alpha value is -2.47. The molecule has 0 aliphatic carbocycles. The summed E-state index contributed by atoms with van der Waals surface area (Å²) < 4.78 is 5.56. The first-order valence-corrected chi connectivity index (χ1v) is 7.30. The van der Waals surface area contributed by atoms with Crippen LogP contribution in [0.1, 0.15) is 21.8 Å². The summed E-state index contributed by atoms with van der Waals surface area (Å²) in [5, 5.41) is 4.76. The number of hydrogen-bond acceptors (Lipinski definition) is 5. The molecule has 3 aromatic rings. The van der Waals surface area contributed by atoms with E-state index in [0.717, 1.165) is 10.4 Å². The van der Waals surface area contributed by atoms with Crippen LogP contribution in [0.4, 0.5) is 0 Å². The molecule has 1 amide bonds. The molecule has 106 valence electrons. The molecule has 0 unspecified atom stereocenters. The van der Waals surface area contributed by atoms with Crippen molar-refractivity contribution in [3.63, 3.8) is 0 Å². The highest BCUT2D eigenvalue weighted by Crippen LogP contribution is 2.25. The van der Waals surface area contributed by atoms with Crippen molar-refractivity contribution < 1.29 is 9.21 Å². The molecule has 3 heterocycles. The molecule has 0 saturated carbocycles. The summed E-state index contributed by atoms with van der Waals surface area (Å²) >= 11 is 1.52. The van der Waals surface area contributed by atoms with Crippen LogP contribution in [-0.4, -0.2) is 15.9 Å². The second-order valence-electron chi connectivity index (χ2n) is 4.45. The van der Waals surface area contributed by atoms with Crippen molar-refractivity contribution in [2.75, 3.05) is 0 Å². The predicted molar refractivity (Wildman–Crippen MR) is 80.0 cm³/mol. The van der Waals surface area contributed by atoms with Gasteiger partial charge in [-0.1, -0.05) is 12.1 Å². The molecule has 3 aromatic heterocycles. The van der Waals surface area contributed by atoms with Crippen LogP contribution in [-0.2, 0) is 6.54 Å². The Bertz CT molecular complexity index is 736. The van der Waals surface area contributed by atoms with Gasteiger partial charge < -0.3 is 9.73 Å². The van der Waals surface area contributed by atoms with Crippen molar-refractivity contribution in [1.82, 2.24) is 15.3 Å². The van der Waals surface area contributed by atoms with E-state index in [1.165, 1.54) is 11.3 Å². The second kappa shape index (κ2) is 5.88. The maximum Gasteiger partial charge on any atom is 0.273 e. The van der Waals surface area contributed by atoms with Gasteiger partial charge >= 0.3 is 0 Å². The van der Waals surface area contributed by atoms with Crippen molar-refractivity contribution in [1.29, 1.82) is 0 Å². The second-order valence-corrected chi connectivity index (χ2v) is 5.39. The number of hydrogen-bond donors (Lipinski definition) is 1. The lowest BCUT2D eigenvalue weighted by molar-refractivity contribution is 0.0945. The number of thiophene rings is 1. The van der Waals surface area contributed by atoms with Gasteiger partial charge in [0.15, 0.2) is 5.69 Å². The molecule has 0 aromatic carbocycles. The Morgan fingerprint density at radius 3 is 3.00 bits per heavy atom. The van der Waals surface area contributed by atoms with Gasteiger partial charge in [-0.05, 0) is 30.0 Å². The summed E-state index contributed by atoms with van der Waals surface area (Å²) in [6.45, 7) is 2.15. The van der Waals surface area contributed by atoms with Crippen LogP contribution >= 0.6 is 11.3 Å². The number of oxazole rings is 1. The van der Waals surface area contributed by atoms with Gasteiger partial charge in [0, 0.05) is 18.9 Å². The zero-order valence-electron chi connectivity index (χ0n) is 11.4. The van der Waals surface area contributed by atoms with E-state index in [0.29, 0.717) is 23.9 Å². The number of nitrogens with one attached hydrogen (secondary N) is 1. The molecule has 0 atom stereocenters. The number of pyridine rings is 1.